The first-order chi connectivity index (χ1) is 9.56. The maximum Gasteiger partial charge on any atom is 0.111 e. The smallest absolute Gasteiger partial charge is 0.111 e. The molecule has 0 aliphatic carbocycles. The summed E-state index contributed by atoms with van der Waals surface area (Å²) < 4.78 is 2.19. The van der Waals surface area contributed by atoms with Gasteiger partial charge in [0.2, 0.25) is 0 Å². The maximum absolute atomic E-state index is 6.13. The highest BCUT2D eigenvalue weighted by Crippen LogP contribution is 2.28. The van der Waals surface area contributed by atoms with Crippen molar-refractivity contribution >= 4 is 45.8 Å². The van der Waals surface area contributed by atoms with E-state index in [9.17, 15) is 0 Å². The first kappa shape index (κ1) is 15.9. The zero-order valence-electron chi connectivity index (χ0n) is 11.7. The van der Waals surface area contributed by atoms with Gasteiger partial charge < -0.3 is 9.47 Å². The molecule has 0 aliphatic rings. The van der Waals surface area contributed by atoms with Crippen molar-refractivity contribution in [2.45, 2.75) is 19.9 Å². The van der Waals surface area contributed by atoms with E-state index in [2.05, 4.69) is 28.4 Å². The van der Waals surface area contributed by atoms with E-state index in [1.807, 2.05) is 12.1 Å². The number of imidazole rings is 1. The van der Waals surface area contributed by atoms with Crippen LogP contribution in [0.3, 0.4) is 0 Å². The predicted octanol–water partition coefficient (Wildman–Crippen LogP) is 4.08. The molecule has 0 N–H and O–H groups in total. The molecular formula is C14H18Cl3N3. The van der Waals surface area contributed by atoms with Gasteiger partial charge in [-0.2, -0.15) is 0 Å². The molecule has 3 nitrogen and oxygen atoms in total. The van der Waals surface area contributed by atoms with Crippen molar-refractivity contribution in [3.05, 3.63) is 28.0 Å². The molecule has 0 amide bonds. The molecule has 110 valence electrons. The van der Waals surface area contributed by atoms with E-state index in [1.165, 1.54) is 0 Å². The van der Waals surface area contributed by atoms with Gasteiger partial charge in [0.05, 0.1) is 21.1 Å². The fraction of sp³-hybridized carbons (Fsp3) is 0.500. The molecule has 2 rings (SSSR count). The van der Waals surface area contributed by atoms with Crippen LogP contribution in [-0.4, -0.2) is 40.5 Å². The first-order valence-corrected chi connectivity index (χ1v) is 7.94. The summed E-state index contributed by atoms with van der Waals surface area (Å²) in [5.41, 5.74) is 1.89. The predicted molar refractivity (Wildman–Crippen MR) is 87.3 cm³/mol. The van der Waals surface area contributed by atoms with Crippen molar-refractivity contribution in [1.29, 1.82) is 0 Å². The Balaban J connectivity index is 2.42. The minimum absolute atomic E-state index is 0.534. The Hall–Kier alpha value is -0.480. The van der Waals surface area contributed by atoms with Gasteiger partial charge >= 0.3 is 0 Å². The Morgan fingerprint density at radius 1 is 1.25 bits per heavy atom. The highest BCUT2D eigenvalue weighted by atomic mass is 35.5. The maximum atomic E-state index is 6.13. The number of fused-ring (bicyclic) bond motifs is 1. The second-order valence-electron chi connectivity index (χ2n) is 4.77. The average Bonchev–Trinajstić information content (AvgIpc) is 2.74. The first-order valence-electron chi connectivity index (χ1n) is 6.65. The molecule has 0 fully saturated rings. The van der Waals surface area contributed by atoms with Crippen LogP contribution >= 0.6 is 34.8 Å². The Morgan fingerprint density at radius 2 is 1.95 bits per heavy atom. The summed E-state index contributed by atoms with van der Waals surface area (Å²) in [6.45, 7) is 4.98. The summed E-state index contributed by atoms with van der Waals surface area (Å²) in [5.74, 6) is 1.53. The number of likely N-dealkylation sites (N-methyl/N-ethyl adjacent to an activating group) is 1. The van der Waals surface area contributed by atoms with Gasteiger partial charge in [0.15, 0.2) is 0 Å². The summed E-state index contributed by atoms with van der Waals surface area (Å²) in [6, 6.07) is 3.70. The number of hydrogen-bond acceptors (Lipinski definition) is 2. The van der Waals surface area contributed by atoms with E-state index >= 15 is 0 Å². The van der Waals surface area contributed by atoms with E-state index in [-0.39, 0.29) is 0 Å². The molecule has 20 heavy (non-hydrogen) atoms. The van der Waals surface area contributed by atoms with Crippen LogP contribution < -0.4 is 0 Å². The lowest BCUT2D eigenvalue weighted by molar-refractivity contribution is 0.335. The molecule has 0 saturated carbocycles. The standard InChI is InChI=1S/C14H18Cl3N3/c1-3-19(2)6-7-20-13-9-11(17)10(16)8-12(13)18-14(20)4-5-15/h8-9H,3-7H2,1-2H3. The third kappa shape index (κ3) is 3.40. The summed E-state index contributed by atoms with van der Waals surface area (Å²) >= 11 is 18.1. The van der Waals surface area contributed by atoms with Gasteiger partial charge in [-0.15, -0.1) is 11.6 Å². The third-order valence-corrected chi connectivity index (χ3v) is 4.34. The third-order valence-electron chi connectivity index (χ3n) is 3.43. The summed E-state index contributed by atoms with van der Waals surface area (Å²) in [5, 5.41) is 1.09. The van der Waals surface area contributed by atoms with E-state index in [4.69, 9.17) is 34.8 Å². The van der Waals surface area contributed by atoms with Crippen LogP contribution in [0.25, 0.3) is 11.0 Å². The van der Waals surface area contributed by atoms with Crippen LogP contribution in [0.2, 0.25) is 10.0 Å². The summed E-state index contributed by atoms with van der Waals surface area (Å²) in [6.07, 6.45) is 0.737. The minimum atomic E-state index is 0.534. The SMILES string of the molecule is CCN(C)CCn1c(CCCl)nc2cc(Cl)c(Cl)cc21. The van der Waals surface area contributed by atoms with Gasteiger partial charge in [0.1, 0.15) is 5.82 Å². The number of nitrogens with zero attached hydrogens (tertiary/aromatic N) is 3. The number of hydrogen-bond donors (Lipinski definition) is 0. The van der Waals surface area contributed by atoms with Crippen LogP contribution in [0.4, 0.5) is 0 Å². The molecule has 2 aromatic rings. The van der Waals surface area contributed by atoms with E-state index < -0.39 is 0 Å². The molecular weight excluding hydrogens is 317 g/mol. The fourth-order valence-electron chi connectivity index (χ4n) is 2.12. The lowest BCUT2D eigenvalue weighted by Crippen LogP contribution is -2.23. The average molecular weight is 335 g/mol. The van der Waals surface area contributed by atoms with Crippen molar-refractivity contribution in [3.8, 4) is 0 Å². The van der Waals surface area contributed by atoms with Gasteiger partial charge in [-0.05, 0) is 25.7 Å². The minimum Gasteiger partial charge on any atom is -0.327 e. The van der Waals surface area contributed by atoms with Crippen molar-refractivity contribution < 1.29 is 0 Å². The van der Waals surface area contributed by atoms with Gasteiger partial charge in [-0.3, -0.25) is 0 Å². The monoisotopic (exact) mass is 333 g/mol. The number of benzene rings is 1. The number of aryl methyl sites for hydroxylation is 1. The van der Waals surface area contributed by atoms with Crippen molar-refractivity contribution in [3.63, 3.8) is 0 Å². The lowest BCUT2D eigenvalue weighted by atomic mass is 10.3. The Morgan fingerprint density at radius 3 is 2.60 bits per heavy atom. The number of aromatic nitrogens is 2. The quantitative estimate of drug-likeness (QED) is 0.742. The number of alkyl halides is 1. The molecule has 0 spiro atoms. The fourth-order valence-corrected chi connectivity index (χ4v) is 2.61. The van der Waals surface area contributed by atoms with Gasteiger partial charge in [0.25, 0.3) is 0 Å². The summed E-state index contributed by atoms with van der Waals surface area (Å²) in [4.78, 5) is 6.88. The van der Waals surface area contributed by atoms with E-state index in [1.54, 1.807) is 0 Å². The van der Waals surface area contributed by atoms with Crippen LogP contribution in [-0.2, 0) is 13.0 Å². The molecule has 0 aliphatic heterocycles. The largest absolute Gasteiger partial charge is 0.327 e. The molecule has 1 aromatic carbocycles. The van der Waals surface area contributed by atoms with Crippen molar-refractivity contribution in [1.82, 2.24) is 14.5 Å². The number of rotatable bonds is 6. The number of halogens is 3. The second kappa shape index (κ2) is 6.99. The van der Waals surface area contributed by atoms with Gasteiger partial charge in [-0.1, -0.05) is 30.1 Å². The van der Waals surface area contributed by atoms with E-state index in [0.717, 1.165) is 42.9 Å². The van der Waals surface area contributed by atoms with E-state index in [0.29, 0.717) is 15.9 Å². The van der Waals surface area contributed by atoms with Crippen LogP contribution in [0.1, 0.15) is 12.7 Å². The van der Waals surface area contributed by atoms with Crippen LogP contribution in [0.5, 0.6) is 0 Å². The Labute approximate surface area is 134 Å². The molecule has 0 radical (unpaired) electrons. The molecule has 6 heteroatoms. The zero-order chi connectivity index (χ0) is 14.7. The molecule has 1 heterocycles. The Kier molecular flexibility index (Phi) is 5.56. The normalized spacial score (nSPS) is 11.7. The highest BCUT2D eigenvalue weighted by molar-refractivity contribution is 6.42. The lowest BCUT2D eigenvalue weighted by Gasteiger charge is -2.16. The molecule has 1 aromatic heterocycles. The molecule has 0 unspecified atom stereocenters. The molecule has 0 atom stereocenters. The van der Waals surface area contributed by atoms with Crippen LogP contribution in [0, 0.1) is 0 Å². The van der Waals surface area contributed by atoms with Gasteiger partial charge in [-0.25, -0.2) is 4.98 Å². The zero-order valence-corrected chi connectivity index (χ0v) is 13.9. The second-order valence-corrected chi connectivity index (χ2v) is 5.96. The molecule has 0 saturated heterocycles. The van der Waals surface area contributed by atoms with Crippen molar-refractivity contribution in [2.24, 2.45) is 0 Å². The Bertz CT molecular complexity index is 595. The van der Waals surface area contributed by atoms with Gasteiger partial charge in [0, 0.05) is 25.4 Å². The molecule has 0 bridgehead atoms. The van der Waals surface area contributed by atoms with Crippen LogP contribution in [0.15, 0.2) is 12.1 Å². The summed E-state index contributed by atoms with van der Waals surface area (Å²) in [7, 11) is 2.10. The highest BCUT2D eigenvalue weighted by Gasteiger charge is 2.13. The topological polar surface area (TPSA) is 21.1 Å². The van der Waals surface area contributed by atoms with Crippen molar-refractivity contribution in [2.75, 3.05) is 26.0 Å².